The molecule has 1 aliphatic rings. The summed E-state index contributed by atoms with van der Waals surface area (Å²) in [5.41, 5.74) is 0. The molecule has 1 aromatic heterocycles. The highest BCUT2D eigenvalue weighted by Gasteiger charge is 2.35. The van der Waals surface area contributed by atoms with Crippen molar-refractivity contribution in [2.24, 2.45) is 0 Å². The SMILES string of the molecule is CCCC[C@H]1C(=O)N(C)CCN1C(=O)Cn1ccnc1CC. The van der Waals surface area contributed by atoms with Crippen molar-refractivity contribution in [3.05, 3.63) is 18.2 Å². The second-order valence-electron chi connectivity index (χ2n) is 5.83. The van der Waals surface area contributed by atoms with E-state index in [1.165, 1.54) is 0 Å². The maximum Gasteiger partial charge on any atom is 0.245 e. The number of imidazole rings is 1. The van der Waals surface area contributed by atoms with E-state index in [-0.39, 0.29) is 24.4 Å². The third-order valence-electron chi connectivity index (χ3n) is 4.29. The van der Waals surface area contributed by atoms with Crippen LogP contribution in [0.4, 0.5) is 0 Å². The van der Waals surface area contributed by atoms with E-state index in [1.54, 1.807) is 16.0 Å². The first-order valence-electron chi connectivity index (χ1n) is 8.12. The van der Waals surface area contributed by atoms with Gasteiger partial charge in [0.2, 0.25) is 11.8 Å². The van der Waals surface area contributed by atoms with Crippen LogP contribution in [0, 0.1) is 0 Å². The molecule has 0 saturated carbocycles. The number of hydrogen-bond acceptors (Lipinski definition) is 3. The Morgan fingerprint density at radius 1 is 1.36 bits per heavy atom. The van der Waals surface area contributed by atoms with Crippen LogP contribution in [0.1, 0.15) is 38.9 Å². The highest BCUT2D eigenvalue weighted by atomic mass is 16.2. The first-order valence-corrected chi connectivity index (χ1v) is 8.12. The smallest absolute Gasteiger partial charge is 0.245 e. The molecular formula is C16H26N4O2. The van der Waals surface area contributed by atoms with Crippen molar-refractivity contribution in [3.63, 3.8) is 0 Å². The third kappa shape index (κ3) is 3.48. The number of piperazine rings is 1. The summed E-state index contributed by atoms with van der Waals surface area (Å²) in [5.74, 6) is 0.976. The van der Waals surface area contributed by atoms with Crippen LogP contribution >= 0.6 is 0 Å². The van der Waals surface area contributed by atoms with Gasteiger partial charge in [-0.05, 0) is 6.42 Å². The lowest BCUT2D eigenvalue weighted by atomic mass is 10.0. The molecular weight excluding hydrogens is 280 g/mol. The second-order valence-corrected chi connectivity index (χ2v) is 5.83. The minimum Gasteiger partial charge on any atom is -0.342 e. The summed E-state index contributed by atoms with van der Waals surface area (Å²) in [4.78, 5) is 32.8. The van der Waals surface area contributed by atoms with E-state index in [2.05, 4.69) is 11.9 Å². The van der Waals surface area contributed by atoms with Crippen molar-refractivity contribution in [2.75, 3.05) is 20.1 Å². The molecule has 6 heteroatoms. The minimum absolute atomic E-state index is 0.00949. The Morgan fingerprint density at radius 3 is 2.82 bits per heavy atom. The molecule has 0 radical (unpaired) electrons. The fourth-order valence-electron chi connectivity index (χ4n) is 2.92. The molecule has 6 nitrogen and oxygen atoms in total. The Hall–Kier alpha value is -1.85. The van der Waals surface area contributed by atoms with Gasteiger partial charge in [-0.2, -0.15) is 0 Å². The van der Waals surface area contributed by atoms with Gasteiger partial charge < -0.3 is 14.4 Å². The van der Waals surface area contributed by atoms with E-state index >= 15 is 0 Å². The lowest BCUT2D eigenvalue weighted by molar-refractivity contribution is -0.151. The zero-order valence-electron chi connectivity index (χ0n) is 13.8. The van der Waals surface area contributed by atoms with Gasteiger partial charge in [0.25, 0.3) is 0 Å². The molecule has 2 heterocycles. The molecule has 1 saturated heterocycles. The van der Waals surface area contributed by atoms with Crippen LogP contribution in [0.5, 0.6) is 0 Å². The van der Waals surface area contributed by atoms with Gasteiger partial charge in [-0.25, -0.2) is 4.98 Å². The van der Waals surface area contributed by atoms with Crippen LogP contribution < -0.4 is 0 Å². The van der Waals surface area contributed by atoms with Crippen molar-refractivity contribution in [2.45, 2.75) is 52.1 Å². The van der Waals surface area contributed by atoms with Crippen LogP contribution in [0.2, 0.25) is 0 Å². The summed E-state index contributed by atoms with van der Waals surface area (Å²) in [6, 6.07) is -0.306. The van der Waals surface area contributed by atoms with Crippen molar-refractivity contribution in [1.82, 2.24) is 19.4 Å². The Kier molecular flexibility index (Phi) is 5.57. The zero-order valence-corrected chi connectivity index (χ0v) is 13.8. The highest BCUT2D eigenvalue weighted by Crippen LogP contribution is 2.17. The van der Waals surface area contributed by atoms with Gasteiger partial charge in [-0.15, -0.1) is 0 Å². The van der Waals surface area contributed by atoms with Crippen LogP contribution in [0.3, 0.4) is 0 Å². The fourth-order valence-corrected chi connectivity index (χ4v) is 2.92. The van der Waals surface area contributed by atoms with Crippen LogP contribution in [-0.4, -0.2) is 57.3 Å². The van der Waals surface area contributed by atoms with E-state index in [1.807, 2.05) is 24.7 Å². The number of carbonyl (C=O) groups is 2. The van der Waals surface area contributed by atoms with Gasteiger partial charge in [0.1, 0.15) is 18.4 Å². The number of amides is 2. The van der Waals surface area contributed by atoms with E-state index in [4.69, 9.17) is 0 Å². The summed E-state index contributed by atoms with van der Waals surface area (Å²) in [7, 11) is 1.81. The van der Waals surface area contributed by atoms with E-state index in [0.717, 1.165) is 31.5 Å². The van der Waals surface area contributed by atoms with Crippen molar-refractivity contribution in [1.29, 1.82) is 0 Å². The number of aromatic nitrogens is 2. The summed E-state index contributed by atoms with van der Waals surface area (Å²) < 4.78 is 1.88. The van der Waals surface area contributed by atoms with Gasteiger partial charge in [-0.3, -0.25) is 9.59 Å². The van der Waals surface area contributed by atoms with E-state index in [9.17, 15) is 9.59 Å². The molecule has 22 heavy (non-hydrogen) atoms. The number of aryl methyl sites for hydroxylation is 1. The largest absolute Gasteiger partial charge is 0.342 e. The van der Waals surface area contributed by atoms with Gasteiger partial charge >= 0.3 is 0 Å². The maximum atomic E-state index is 12.7. The first kappa shape index (κ1) is 16.5. The molecule has 0 aliphatic carbocycles. The predicted molar refractivity (Wildman–Crippen MR) is 84.3 cm³/mol. The standard InChI is InChI=1S/C16H26N4O2/c1-4-6-7-13-16(22)18(3)10-11-20(13)15(21)12-19-9-8-17-14(19)5-2/h8-9,13H,4-7,10-12H2,1-3H3/t13-/m0/s1. The van der Waals surface area contributed by atoms with Crippen molar-refractivity contribution < 1.29 is 9.59 Å². The molecule has 1 aromatic rings. The molecule has 1 fully saturated rings. The molecule has 0 N–H and O–H groups in total. The zero-order chi connectivity index (χ0) is 16.1. The summed E-state index contributed by atoms with van der Waals surface area (Å²) in [6.45, 7) is 5.61. The predicted octanol–water partition coefficient (Wildman–Crippen LogP) is 1.30. The first-order chi connectivity index (χ1) is 10.6. The number of unbranched alkanes of at least 4 members (excludes halogenated alkanes) is 1. The Bertz CT molecular complexity index is 526. The van der Waals surface area contributed by atoms with Crippen molar-refractivity contribution in [3.8, 4) is 0 Å². The molecule has 0 aromatic carbocycles. The number of carbonyl (C=O) groups excluding carboxylic acids is 2. The number of nitrogens with zero attached hydrogens (tertiary/aromatic N) is 4. The number of rotatable bonds is 6. The van der Waals surface area contributed by atoms with E-state index < -0.39 is 0 Å². The third-order valence-corrected chi connectivity index (χ3v) is 4.29. The molecule has 2 rings (SSSR count). The molecule has 2 amide bonds. The van der Waals surface area contributed by atoms with Gasteiger partial charge in [-0.1, -0.05) is 26.7 Å². The minimum atomic E-state index is -0.306. The lowest BCUT2D eigenvalue weighted by Crippen LogP contribution is -2.58. The van der Waals surface area contributed by atoms with E-state index in [0.29, 0.717) is 13.1 Å². The van der Waals surface area contributed by atoms with Gasteiger partial charge in [0, 0.05) is 39.0 Å². The number of hydrogen-bond donors (Lipinski definition) is 0. The summed E-state index contributed by atoms with van der Waals surface area (Å²) in [5, 5.41) is 0. The molecule has 1 aliphatic heterocycles. The molecule has 0 bridgehead atoms. The summed E-state index contributed by atoms with van der Waals surface area (Å²) in [6.07, 6.45) is 7.07. The van der Waals surface area contributed by atoms with Crippen molar-refractivity contribution >= 4 is 11.8 Å². The average molecular weight is 306 g/mol. The van der Waals surface area contributed by atoms with Crippen LogP contribution in [0.15, 0.2) is 12.4 Å². The molecule has 0 spiro atoms. The van der Waals surface area contributed by atoms with Gasteiger partial charge in [0.05, 0.1) is 0 Å². The topological polar surface area (TPSA) is 58.4 Å². The second kappa shape index (κ2) is 7.42. The average Bonchev–Trinajstić information content (AvgIpc) is 2.95. The lowest BCUT2D eigenvalue weighted by Gasteiger charge is -2.39. The molecule has 0 unspecified atom stereocenters. The Labute approximate surface area is 132 Å². The maximum absolute atomic E-state index is 12.7. The van der Waals surface area contributed by atoms with Crippen LogP contribution in [0.25, 0.3) is 0 Å². The molecule has 122 valence electrons. The number of likely N-dealkylation sites (N-methyl/N-ethyl adjacent to an activating group) is 1. The summed E-state index contributed by atoms with van der Waals surface area (Å²) >= 11 is 0. The van der Waals surface area contributed by atoms with Gasteiger partial charge in [0.15, 0.2) is 0 Å². The monoisotopic (exact) mass is 306 g/mol. The fraction of sp³-hybridized carbons (Fsp3) is 0.688. The Morgan fingerprint density at radius 2 is 2.14 bits per heavy atom. The highest BCUT2D eigenvalue weighted by molar-refractivity contribution is 5.88. The molecule has 1 atom stereocenters. The quantitative estimate of drug-likeness (QED) is 0.796. The Balaban J connectivity index is 2.10. The van der Waals surface area contributed by atoms with Crippen LogP contribution in [-0.2, 0) is 22.6 Å². The normalized spacial score (nSPS) is 18.9.